The Morgan fingerprint density at radius 2 is 1.36 bits per heavy atom. The predicted molar refractivity (Wildman–Crippen MR) is 104 cm³/mol. The monoisotopic (exact) mass is 344 g/mol. The lowest BCUT2D eigenvalue weighted by molar-refractivity contribution is 0.00578. The summed E-state index contributed by atoms with van der Waals surface area (Å²) in [6, 6.07) is 4.40. The summed E-state index contributed by atoms with van der Waals surface area (Å²) >= 11 is 0. The van der Waals surface area contributed by atoms with Crippen LogP contribution in [0.5, 0.6) is 5.75 Å². The first-order valence-corrected chi connectivity index (χ1v) is 9.40. The van der Waals surface area contributed by atoms with Crippen LogP contribution in [0.3, 0.4) is 0 Å². The Balaban J connectivity index is 2.16. The fourth-order valence-electron chi connectivity index (χ4n) is 4.09. The Morgan fingerprint density at radius 3 is 1.88 bits per heavy atom. The molecule has 0 atom stereocenters. The molecule has 3 rings (SSSR count). The molecular formula is C21H33BO3. The molecule has 138 valence electrons. The lowest BCUT2D eigenvalue weighted by Crippen LogP contribution is -2.41. The molecule has 0 saturated carbocycles. The molecule has 1 heterocycles. The number of ether oxygens (including phenoxy) is 1. The van der Waals surface area contributed by atoms with Crippen molar-refractivity contribution in [3.05, 3.63) is 23.3 Å². The van der Waals surface area contributed by atoms with Gasteiger partial charge in [-0.2, -0.15) is 0 Å². The van der Waals surface area contributed by atoms with Crippen molar-refractivity contribution in [3.63, 3.8) is 0 Å². The summed E-state index contributed by atoms with van der Waals surface area (Å²) in [6.07, 6.45) is 2.34. The van der Waals surface area contributed by atoms with Crippen LogP contribution in [0.2, 0.25) is 0 Å². The predicted octanol–water partition coefficient (Wildman–Crippen LogP) is 4.34. The number of hydrogen-bond acceptors (Lipinski definition) is 3. The van der Waals surface area contributed by atoms with E-state index in [0.29, 0.717) is 0 Å². The summed E-state index contributed by atoms with van der Waals surface area (Å²) < 4.78 is 18.6. The second-order valence-corrected chi connectivity index (χ2v) is 9.97. The molecule has 0 spiro atoms. The number of benzene rings is 1. The zero-order chi connectivity index (χ0) is 18.8. The molecule has 25 heavy (non-hydrogen) atoms. The summed E-state index contributed by atoms with van der Waals surface area (Å²) in [5.41, 5.74) is 3.24. The number of rotatable bonds is 2. The van der Waals surface area contributed by atoms with E-state index in [2.05, 4.69) is 67.5 Å². The summed E-state index contributed by atoms with van der Waals surface area (Å²) in [5, 5.41) is 0. The van der Waals surface area contributed by atoms with Crippen LogP contribution in [0.15, 0.2) is 12.1 Å². The third kappa shape index (κ3) is 2.82. The molecule has 1 fully saturated rings. The topological polar surface area (TPSA) is 27.7 Å². The second-order valence-electron chi connectivity index (χ2n) is 9.97. The third-order valence-electron chi connectivity index (χ3n) is 6.68. The minimum absolute atomic E-state index is 0.0792. The van der Waals surface area contributed by atoms with Crippen LogP contribution in [-0.4, -0.2) is 25.4 Å². The standard InChI is InChI=1S/C21H33BO3/c1-18(2)12-13-19(3,4)16-14(18)10-11-15(17(16)23-9)22-24-20(5,6)21(7,8)25-22/h10-11H,12-13H2,1-9H3. The third-order valence-corrected chi connectivity index (χ3v) is 6.68. The van der Waals surface area contributed by atoms with Gasteiger partial charge in [0, 0.05) is 11.0 Å². The quantitative estimate of drug-likeness (QED) is 0.747. The first kappa shape index (κ1) is 18.8. The zero-order valence-corrected chi connectivity index (χ0v) is 17.4. The van der Waals surface area contributed by atoms with Crippen LogP contribution in [0, 0.1) is 0 Å². The van der Waals surface area contributed by atoms with Gasteiger partial charge in [-0.3, -0.25) is 0 Å². The van der Waals surface area contributed by atoms with Crippen molar-refractivity contribution in [1.29, 1.82) is 0 Å². The molecule has 1 aromatic rings. The van der Waals surface area contributed by atoms with Gasteiger partial charge in [-0.25, -0.2) is 0 Å². The van der Waals surface area contributed by atoms with Crippen molar-refractivity contribution in [2.24, 2.45) is 0 Å². The van der Waals surface area contributed by atoms with Gasteiger partial charge in [0.1, 0.15) is 5.75 Å². The fourth-order valence-corrected chi connectivity index (χ4v) is 4.09. The van der Waals surface area contributed by atoms with E-state index in [-0.39, 0.29) is 22.0 Å². The number of methoxy groups -OCH3 is 1. The van der Waals surface area contributed by atoms with E-state index in [0.717, 1.165) is 17.6 Å². The van der Waals surface area contributed by atoms with Crippen LogP contribution in [0.4, 0.5) is 0 Å². The Kier molecular flexibility index (Phi) is 4.13. The molecular weight excluding hydrogens is 311 g/mol. The maximum atomic E-state index is 6.30. The molecule has 0 radical (unpaired) electrons. The Labute approximate surface area is 153 Å². The summed E-state index contributed by atoms with van der Waals surface area (Å²) in [4.78, 5) is 0. The first-order valence-electron chi connectivity index (χ1n) is 9.40. The normalized spacial score (nSPS) is 25.6. The van der Waals surface area contributed by atoms with Crippen molar-refractivity contribution in [2.75, 3.05) is 7.11 Å². The first-order chi connectivity index (χ1) is 11.3. The lowest BCUT2D eigenvalue weighted by Gasteiger charge is -2.43. The van der Waals surface area contributed by atoms with Crippen LogP contribution in [0.1, 0.15) is 79.4 Å². The van der Waals surface area contributed by atoms with Gasteiger partial charge < -0.3 is 14.0 Å². The van der Waals surface area contributed by atoms with Crippen molar-refractivity contribution < 1.29 is 14.0 Å². The van der Waals surface area contributed by atoms with Gasteiger partial charge in [-0.1, -0.05) is 39.8 Å². The van der Waals surface area contributed by atoms with Crippen LogP contribution < -0.4 is 10.2 Å². The molecule has 1 saturated heterocycles. The van der Waals surface area contributed by atoms with Gasteiger partial charge in [0.05, 0.1) is 18.3 Å². The molecule has 0 aromatic heterocycles. The number of fused-ring (bicyclic) bond motifs is 1. The molecule has 0 unspecified atom stereocenters. The molecule has 1 aliphatic carbocycles. The van der Waals surface area contributed by atoms with E-state index in [4.69, 9.17) is 14.0 Å². The Hall–Kier alpha value is -0.995. The van der Waals surface area contributed by atoms with Gasteiger partial charge in [-0.05, 0) is 56.9 Å². The Bertz CT molecular complexity index is 673. The molecule has 0 amide bonds. The molecule has 0 N–H and O–H groups in total. The van der Waals surface area contributed by atoms with E-state index in [9.17, 15) is 0 Å². The van der Waals surface area contributed by atoms with Gasteiger partial charge in [0.2, 0.25) is 0 Å². The largest absolute Gasteiger partial charge is 0.498 e. The SMILES string of the molecule is COc1c(B2OC(C)(C)C(C)(C)O2)ccc2c1C(C)(C)CCC2(C)C. The summed E-state index contributed by atoms with van der Waals surface area (Å²) in [5.74, 6) is 0.939. The lowest BCUT2D eigenvalue weighted by atomic mass is 9.61. The highest BCUT2D eigenvalue weighted by molar-refractivity contribution is 6.63. The van der Waals surface area contributed by atoms with Gasteiger partial charge in [-0.15, -0.1) is 0 Å². The smallest absolute Gasteiger partial charge is 0.497 e. The summed E-state index contributed by atoms with van der Waals surface area (Å²) in [6.45, 7) is 17.6. The molecule has 1 aromatic carbocycles. The molecule has 2 aliphatic rings. The van der Waals surface area contributed by atoms with Crippen LogP contribution in [-0.2, 0) is 20.1 Å². The van der Waals surface area contributed by atoms with E-state index >= 15 is 0 Å². The van der Waals surface area contributed by atoms with E-state index in [1.54, 1.807) is 7.11 Å². The highest BCUT2D eigenvalue weighted by atomic mass is 16.7. The van der Waals surface area contributed by atoms with Crippen molar-refractivity contribution in [2.45, 2.75) is 90.3 Å². The van der Waals surface area contributed by atoms with Gasteiger partial charge in [0.15, 0.2) is 0 Å². The minimum Gasteiger partial charge on any atom is -0.497 e. The van der Waals surface area contributed by atoms with Crippen molar-refractivity contribution in [1.82, 2.24) is 0 Å². The molecule has 1 aliphatic heterocycles. The van der Waals surface area contributed by atoms with Gasteiger partial charge in [0.25, 0.3) is 0 Å². The second kappa shape index (κ2) is 5.50. The fraction of sp³-hybridized carbons (Fsp3) is 0.714. The molecule has 0 bridgehead atoms. The highest BCUT2D eigenvalue weighted by Crippen LogP contribution is 2.49. The number of hydrogen-bond donors (Lipinski definition) is 0. The van der Waals surface area contributed by atoms with Crippen LogP contribution >= 0.6 is 0 Å². The van der Waals surface area contributed by atoms with E-state index in [1.807, 2.05) is 0 Å². The average molecular weight is 344 g/mol. The Morgan fingerprint density at radius 1 is 0.840 bits per heavy atom. The highest BCUT2D eigenvalue weighted by Gasteiger charge is 2.53. The summed E-state index contributed by atoms with van der Waals surface area (Å²) in [7, 11) is 1.37. The van der Waals surface area contributed by atoms with Crippen LogP contribution in [0.25, 0.3) is 0 Å². The van der Waals surface area contributed by atoms with Gasteiger partial charge >= 0.3 is 7.12 Å². The van der Waals surface area contributed by atoms with E-state index < -0.39 is 7.12 Å². The van der Waals surface area contributed by atoms with E-state index in [1.165, 1.54) is 17.5 Å². The molecule has 3 nitrogen and oxygen atoms in total. The zero-order valence-electron chi connectivity index (χ0n) is 17.4. The van der Waals surface area contributed by atoms with Crippen molar-refractivity contribution in [3.8, 4) is 5.75 Å². The minimum atomic E-state index is -0.397. The van der Waals surface area contributed by atoms with Crippen molar-refractivity contribution >= 4 is 12.6 Å². The maximum Gasteiger partial charge on any atom is 0.498 e. The molecule has 4 heteroatoms. The average Bonchev–Trinajstić information content (AvgIpc) is 2.71. The maximum absolute atomic E-state index is 6.30.